The largest absolute Gasteiger partial charge is 0.457 e. The molecule has 0 aliphatic heterocycles. The van der Waals surface area contributed by atoms with Crippen LogP contribution in [0.3, 0.4) is 0 Å². The third-order valence-corrected chi connectivity index (χ3v) is 3.80. The van der Waals surface area contributed by atoms with Crippen LogP contribution >= 0.6 is 23.2 Å². The molecule has 0 fully saturated rings. The van der Waals surface area contributed by atoms with E-state index in [0.717, 1.165) is 0 Å². The lowest BCUT2D eigenvalue weighted by molar-refractivity contribution is -0.0564. The van der Waals surface area contributed by atoms with Gasteiger partial charge in [-0.25, -0.2) is 9.86 Å². The van der Waals surface area contributed by atoms with Gasteiger partial charge < -0.3 is 15.8 Å². The summed E-state index contributed by atoms with van der Waals surface area (Å²) in [5, 5.41) is 13.2. The molecule has 3 amide bonds. The maximum atomic E-state index is 12.2. The van der Waals surface area contributed by atoms with Gasteiger partial charge >= 0.3 is 6.03 Å². The topological polar surface area (TPSA) is 105 Å². The number of carbonyl (C=O) groups excluding carboxylic acids is 2. The first-order valence-corrected chi connectivity index (χ1v) is 7.89. The van der Waals surface area contributed by atoms with Crippen LogP contribution < -0.4 is 15.8 Å². The molecule has 2 aromatic rings. The quantitative estimate of drug-likeness (QED) is 0.525. The van der Waals surface area contributed by atoms with E-state index >= 15 is 0 Å². The third-order valence-electron chi connectivity index (χ3n) is 3.07. The number of nitrogens with two attached hydrogens (primary N) is 1. The van der Waals surface area contributed by atoms with E-state index in [0.29, 0.717) is 26.6 Å². The Bertz CT molecular complexity index is 786. The van der Waals surface area contributed by atoms with Crippen molar-refractivity contribution in [2.45, 2.75) is 0 Å². The number of urea groups is 1. The Morgan fingerprint density at radius 2 is 1.84 bits per heavy atom. The highest BCUT2D eigenvalue weighted by molar-refractivity contribution is 6.42. The van der Waals surface area contributed by atoms with E-state index in [4.69, 9.17) is 33.7 Å². The van der Waals surface area contributed by atoms with Gasteiger partial charge in [0.05, 0.1) is 16.6 Å². The second-order valence-electron chi connectivity index (χ2n) is 4.93. The monoisotopic (exact) mass is 383 g/mol. The molecule has 9 heteroatoms. The molecule has 2 aromatic carbocycles. The van der Waals surface area contributed by atoms with E-state index in [1.807, 2.05) is 0 Å². The van der Waals surface area contributed by atoms with E-state index in [2.05, 4.69) is 5.32 Å². The van der Waals surface area contributed by atoms with Crippen molar-refractivity contribution in [1.29, 1.82) is 0 Å². The molecule has 0 aliphatic carbocycles. The predicted octanol–water partition coefficient (Wildman–Crippen LogP) is 3.29. The zero-order valence-corrected chi connectivity index (χ0v) is 14.4. The Balaban J connectivity index is 2.05. The summed E-state index contributed by atoms with van der Waals surface area (Å²) in [4.78, 5) is 22.7. The Morgan fingerprint density at radius 1 is 1.12 bits per heavy atom. The van der Waals surface area contributed by atoms with Gasteiger partial charge in [-0.2, -0.15) is 0 Å². The van der Waals surface area contributed by atoms with E-state index in [-0.39, 0.29) is 18.7 Å². The van der Waals surface area contributed by atoms with Gasteiger partial charge in [-0.3, -0.25) is 10.0 Å². The van der Waals surface area contributed by atoms with Crippen LogP contribution in [0.15, 0.2) is 42.5 Å². The first kappa shape index (κ1) is 18.9. The molecule has 25 heavy (non-hydrogen) atoms. The van der Waals surface area contributed by atoms with E-state index < -0.39 is 11.9 Å². The van der Waals surface area contributed by atoms with Gasteiger partial charge in [0.2, 0.25) is 0 Å². The van der Waals surface area contributed by atoms with Crippen molar-refractivity contribution < 1.29 is 19.5 Å². The second kappa shape index (κ2) is 8.57. The summed E-state index contributed by atoms with van der Waals surface area (Å²) in [5.74, 6) is 0.185. The molecule has 0 unspecified atom stereocenters. The molecule has 0 aliphatic rings. The minimum absolute atomic E-state index is 0.0248. The molecular weight excluding hydrogens is 369 g/mol. The summed E-state index contributed by atoms with van der Waals surface area (Å²) in [6.07, 6.45) is 0. The number of benzene rings is 2. The highest BCUT2D eigenvalue weighted by Crippen LogP contribution is 2.29. The molecule has 0 heterocycles. The molecule has 0 atom stereocenters. The third kappa shape index (κ3) is 5.53. The summed E-state index contributed by atoms with van der Waals surface area (Å²) in [5.41, 5.74) is 5.12. The van der Waals surface area contributed by atoms with Gasteiger partial charge in [0.25, 0.3) is 5.91 Å². The number of hydrogen-bond acceptors (Lipinski definition) is 4. The SMILES string of the molecule is NC(=O)NCCN(O)C(=O)c1cccc(Oc2ccc(Cl)c(Cl)c2)c1. The zero-order chi connectivity index (χ0) is 18.4. The molecule has 0 spiro atoms. The van der Waals surface area contributed by atoms with Gasteiger partial charge in [-0.05, 0) is 30.3 Å². The summed E-state index contributed by atoms with van der Waals surface area (Å²) in [6.45, 7) is -0.0866. The Morgan fingerprint density at radius 3 is 2.52 bits per heavy atom. The van der Waals surface area contributed by atoms with Crippen molar-refractivity contribution in [1.82, 2.24) is 10.4 Å². The average molecular weight is 384 g/mol. The normalized spacial score (nSPS) is 10.2. The van der Waals surface area contributed by atoms with Gasteiger partial charge in [0.1, 0.15) is 11.5 Å². The summed E-state index contributed by atoms with van der Waals surface area (Å²) < 4.78 is 5.63. The number of nitrogens with zero attached hydrogens (tertiary/aromatic N) is 1. The Hall–Kier alpha value is -2.48. The molecule has 132 valence electrons. The summed E-state index contributed by atoms with van der Waals surface area (Å²) >= 11 is 11.8. The minimum atomic E-state index is -0.738. The summed E-state index contributed by atoms with van der Waals surface area (Å²) in [6, 6.07) is 10.3. The van der Waals surface area contributed by atoms with Crippen molar-refractivity contribution in [3.63, 3.8) is 0 Å². The molecule has 0 aromatic heterocycles. The highest BCUT2D eigenvalue weighted by Gasteiger charge is 2.14. The lowest BCUT2D eigenvalue weighted by Crippen LogP contribution is -2.38. The number of carbonyl (C=O) groups is 2. The van der Waals surface area contributed by atoms with Crippen LogP contribution in [-0.2, 0) is 0 Å². The van der Waals surface area contributed by atoms with Crippen molar-refractivity contribution in [2.75, 3.05) is 13.1 Å². The van der Waals surface area contributed by atoms with E-state index in [1.165, 1.54) is 12.1 Å². The van der Waals surface area contributed by atoms with Crippen molar-refractivity contribution in [3.05, 3.63) is 58.1 Å². The van der Waals surface area contributed by atoms with Gasteiger partial charge in [-0.15, -0.1) is 0 Å². The van der Waals surface area contributed by atoms with Crippen molar-refractivity contribution in [2.24, 2.45) is 5.73 Å². The maximum Gasteiger partial charge on any atom is 0.312 e. The molecule has 0 saturated carbocycles. The first-order valence-electron chi connectivity index (χ1n) is 7.14. The number of ether oxygens (including phenoxy) is 1. The molecule has 0 bridgehead atoms. The fourth-order valence-corrected chi connectivity index (χ4v) is 2.19. The first-order chi connectivity index (χ1) is 11.9. The number of nitrogens with one attached hydrogen (secondary N) is 1. The van der Waals surface area contributed by atoms with Crippen LogP contribution in [0.2, 0.25) is 10.0 Å². The lowest BCUT2D eigenvalue weighted by atomic mass is 10.2. The molecule has 0 saturated heterocycles. The molecular formula is C16H15Cl2N3O4. The number of primary amides is 1. The number of halogens is 2. The fourth-order valence-electron chi connectivity index (χ4n) is 1.90. The van der Waals surface area contributed by atoms with Crippen molar-refractivity contribution in [3.8, 4) is 11.5 Å². The maximum absolute atomic E-state index is 12.2. The van der Waals surface area contributed by atoms with Gasteiger partial charge in [-0.1, -0.05) is 29.3 Å². The second-order valence-corrected chi connectivity index (χ2v) is 5.74. The van der Waals surface area contributed by atoms with E-state index in [9.17, 15) is 14.8 Å². The number of amides is 3. The van der Waals surface area contributed by atoms with Crippen LogP contribution in [-0.4, -0.2) is 35.3 Å². The van der Waals surface area contributed by atoms with E-state index in [1.54, 1.807) is 30.3 Å². The zero-order valence-electron chi connectivity index (χ0n) is 12.9. The van der Waals surface area contributed by atoms with Crippen LogP contribution in [0.5, 0.6) is 11.5 Å². The summed E-state index contributed by atoms with van der Waals surface area (Å²) in [7, 11) is 0. The van der Waals surface area contributed by atoms with Crippen LogP contribution in [0.1, 0.15) is 10.4 Å². The van der Waals surface area contributed by atoms with Crippen LogP contribution in [0.25, 0.3) is 0 Å². The van der Waals surface area contributed by atoms with Crippen LogP contribution in [0.4, 0.5) is 4.79 Å². The van der Waals surface area contributed by atoms with Crippen molar-refractivity contribution >= 4 is 35.1 Å². The lowest BCUT2D eigenvalue weighted by Gasteiger charge is -2.15. The Labute approximate surface area is 153 Å². The minimum Gasteiger partial charge on any atom is -0.457 e. The molecule has 4 N–H and O–H groups in total. The highest BCUT2D eigenvalue weighted by atomic mass is 35.5. The Kier molecular flexibility index (Phi) is 6.46. The standard InChI is InChI=1S/C16H15Cl2N3O4/c17-13-5-4-12(9-14(13)18)25-11-3-1-2-10(8-11)15(22)21(24)7-6-20-16(19)23/h1-5,8-9,24H,6-7H2,(H3,19,20,23). The fraction of sp³-hybridized carbons (Fsp3) is 0.125. The molecule has 0 radical (unpaired) electrons. The van der Waals surface area contributed by atoms with Crippen LogP contribution in [0, 0.1) is 0 Å². The molecule has 7 nitrogen and oxygen atoms in total. The van der Waals surface area contributed by atoms with Gasteiger partial charge in [0.15, 0.2) is 0 Å². The number of rotatable bonds is 6. The van der Waals surface area contributed by atoms with Gasteiger partial charge in [0, 0.05) is 18.2 Å². The predicted molar refractivity (Wildman–Crippen MR) is 93.4 cm³/mol. The smallest absolute Gasteiger partial charge is 0.312 e. The molecule has 2 rings (SSSR count). The average Bonchev–Trinajstić information content (AvgIpc) is 2.57. The number of hydroxylamine groups is 2. The number of hydrogen-bond donors (Lipinski definition) is 3.